The number of sulfonamides is 1. The Bertz CT molecular complexity index is 1350. The summed E-state index contributed by atoms with van der Waals surface area (Å²) in [4.78, 5) is 29.4. The zero-order valence-electron chi connectivity index (χ0n) is 16.6. The van der Waals surface area contributed by atoms with E-state index < -0.39 is 21.5 Å². The molecule has 0 spiro atoms. The van der Waals surface area contributed by atoms with Crippen LogP contribution >= 0.6 is 23.2 Å². The molecule has 1 aromatic heterocycles. The van der Waals surface area contributed by atoms with Gasteiger partial charge in [-0.1, -0.05) is 23.2 Å². The molecular weight excluding hydrogens is 479 g/mol. The molecule has 2 heterocycles. The van der Waals surface area contributed by atoms with Crippen molar-refractivity contribution in [1.82, 2.24) is 13.9 Å². The molecule has 1 N–H and O–H groups in total. The number of ether oxygens (including phenoxy) is 1. The molecule has 1 fully saturated rings. The Morgan fingerprint density at radius 2 is 1.88 bits per heavy atom. The Labute approximate surface area is 193 Å². The van der Waals surface area contributed by atoms with E-state index >= 15 is 0 Å². The van der Waals surface area contributed by atoms with Crippen molar-refractivity contribution in [2.24, 2.45) is 0 Å². The van der Waals surface area contributed by atoms with E-state index in [0.717, 1.165) is 4.57 Å². The number of nitrogens with zero attached hydrogens (tertiary/aromatic N) is 3. The Kier molecular flexibility index (Phi) is 6.50. The van der Waals surface area contributed by atoms with Crippen molar-refractivity contribution in [3.8, 4) is 0 Å². The Morgan fingerprint density at radius 3 is 2.62 bits per heavy atom. The van der Waals surface area contributed by atoms with Crippen molar-refractivity contribution >= 4 is 55.7 Å². The van der Waals surface area contributed by atoms with Crippen molar-refractivity contribution in [1.29, 1.82) is 0 Å². The van der Waals surface area contributed by atoms with Crippen molar-refractivity contribution < 1.29 is 17.9 Å². The normalized spacial score (nSPS) is 15.1. The van der Waals surface area contributed by atoms with Gasteiger partial charge in [0.05, 0.1) is 46.0 Å². The third-order valence-corrected chi connectivity index (χ3v) is 7.38. The number of hydrogen-bond donors (Lipinski definition) is 1. The maximum absolute atomic E-state index is 12.9. The minimum absolute atomic E-state index is 0.00159. The van der Waals surface area contributed by atoms with Gasteiger partial charge in [-0.2, -0.15) is 4.31 Å². The van der Waals surface area contributed by atoms with Crippen LogP contribution in [0.1, 0.15) is 0 Å². The summed E-state index contributed by atoms with van der Waals surface area (Å²) < 4.78 is 33.4. The van der Waals surface area contributed by atoms with Crippen LogP contribution in [0.2, 0.25) is 10.0 Å². The number of anilines is 1. The second-order valence-electron chi connectivity index (χ2n) is 7.05. The van der Waals surface area contributed by atoms with Crippen molar-refractivity contribution in [3.05, 3.63) is 63.1 Å². The molecule has 3 aromatic rings. The minimum Gasteiger partial charge on any atom is -0.379 e. The smallest absolute Gasteiger partial charge is 0.261 e. The number of hydrogen-bond acceptors (Lipinski definition) is 6. The van der Waals surface area contributed by atoms with Crippen LogP contribution in [0.15, 0.2) is 52.4 Å². The number of aromatic nitrogens is 2. The average molecular weight is 497 g/mol. The van der Waals surface area contributed by atoms with Crippen molar-refractivity contribution in [2.45, 2.75) is 11.4 Å². The highest BCUT2D eigenvalue weighted by molar-refractivity contribution is 7.89. The highest BCUT2D eigenvalue weighted by atomic mass is 35.5. The summed E-state index contributed by atoms with van der Waals surface area (Å²) in [6.45, 7) is 0.778. The van der Waals surface area contributed by atoms with Gasteiger partial charge in [-0.25, -0.2) is 13.4 Å². The predicted octanol–water partition coefficient (Wildman–Crippen LogP) is 2.36. The second kappa shape index (κ2) is 9.16. The predicted molar refractivity (Wildman–Crippen MR) is 121 cm³/mol. The number of morpholine rings is 1. The minimum atomic E-state index is -3.77. The molecule has 0 saturated carbocycles. The monoisotopic (exact) mass is 496 g/mol. The zero-order chi connectivity index (χ0) is 22.9. The Hall–Kier alpha value is -2.50. The lowest BCUT2D eigenvalue weighted by Crippen LogP contribution is -2.40. The highest BCUT2D eigenvalue weighted by Gasteiger charge is 2.27. The SMILES string of the molecule is O=C(Cn1cnc2ccc(Cl)cc2c1=O)Nc1cc(S(=O)(=O)N2CCOCC2)ccc1Cl. The quantitative estimate of drug-likeness (QED) is 0.580. The summed E-state index contributed by atoms with van der Waals surface area (Å²) in [5.41, 5.74) is 0.151. The van der Waals surface area contributed by atoms with E-state index in [4.69, 9.17) is 27.9 Å². The number of fused-ring (bicyclic) bond motifs is 1. The van der Waals surface area contributed by atoms with Crippen LogP contribution < -0.4 is 10.9 Å². The van der Waals surface area contributed by atoms with Gasteiger partial charge in [0.1, 0.15) is 6.54 Å². The van der Waals surface area contributed by atoms with E-state index in [1.165, 1.54) is 34.9 Å². The van der Waals surface area contributed by atoms with Gasteiger partial charge in [-0.15, -0.1) is 0 Å². The van der Waals surface area contributed by atoms with Gasteiger partial charge in [0, 0.05) is 18.1 Å². The first kappa shape index (κ1) is 22.7. The van der Waals surface area contributed by atoms with Gasteiger partial charge in [0.2, 0.25) is 15.9 Å². The van der Waals surface area contributed by atoms with Crippen molar-refractivity contribution in [2.75, 3.05) is 31.6 Å². The topological polar surface area (TPSA) is 111 Å². The summed E-state index contributed by atoms with van der Waals surface area (Å²) in [5, 5.41) is 3.39. The lowest BCUT2D eigenvalue weighted by Gasteiger charge is -2.26. The summed E-state index contributed by atoms with van der Waals surface area (Å²) in [5.74, 6) is -0.571. The third-order valence-electron chi connectivity index (χ3n) is 4.92. The Morgan fingerprint density at radius 1 is 1.12 bits per heavy atom. The number of carbonyl (C=O) groups is 1. The second-order valence-corrected chi connectivity index (χ2v) is 9.83. The fraction of sp³-hybridized carbons (Fsp3) is 0.250. The molecule has 2 aromatic carbocycles. The molecule has 168 valence electrons. The molecule has 32 heavy (non-hydrogen) atoms. The first-order chi connectivity index (χ1) is 15.3. The first-order valence-corrected chi connectivity index (χ1v) is 11.8. The number of halogens is 2. The van der Waals surface area contributed by atoms with Crippen LogP contribution in [0, 0.1) is 0 Å². The van der Waals surface area contributed by atoms with Crippen molar-refractivity contribution in [3.63, 3.8) is 0 Å². The van der Waals surface area contributed by atoms with E-state index in [2.05, 4.69) is 10.3 Å². The molecule has 12 heteroatoms. The zero-order valence-corrected chi connectivity index (χ0v) is 19.0. The van der Waals surface area contributed by atoms with E-state index in [-0.39, 0.29) is 40.6 Å². The molecule has 0 unspecified atom stereocenters. The molecule has 4 rings (SSSR count). The van der Waals surface area contributed by atoms with E-state index in [0.29, 0.717) is 23.8 Å². The number of benzene rings is 2. The van der Waals surface area contributed by atoms with Crippen LogP contribution in [-0.4, -0.2) is 54.5 Å². The van der Waals surface area contributed by atoms with Gasteiger partial charge in [0.25, 0.3) is 5.56 Å². The van der Waals surface area contributed by atoms with E-state index in [1.807, 2.05) is 0 Å². The number of amides is 1. The summed E-state index contributed by atoms with van der Waals surface area (Å²) in [6.07, 6.45) is 1.26. The average Bonchev–Trinajstić information content (AvgIpc) is 2.78. The Balaban J connectivity index is 1.56. The molecule has 0 aliphatic carbocycles. The third kappa shape index (κ3) is 4.64. The highest BCUT2D eigenvalue weighted by Crippen LogP contribution is 2.27. The van der Waals surface area contributed by atoms with Crippen LogP contribution in [-0.2, 0) is 26.1 Å². The molecule has 0 bridgehead atoms. The van der Waals surface area contributed by atoms with E-state index in [9.17, 15) is 18.0 Å². The lowest BCUT2D eigenvalue weighted by molar-refractivity contribution is -0.116. The van der Waals surface area contributed by atoms with Gasteiger partial charge >= 0.3 is 0 Å². The van der Waals surface area contributed by atoms with Crippen LogP contribution in [0.3, 0.4) is 0 Å². The molecule has 9 nitrogen and oxygen atoms in total. The molecule has 0 radical (unpaired) electrons. The molecule has 1 aliphatic rings. The summed E-state index contributed by atoms with van der Waals surface area (Å²) >= 11 is 12.1. The fourth-order valence-electron chi connectivity index (χ4n) is 3.28. The molecular formula is C20H18Cl2N4O5S. The maximum Gasteiger partial charge on any atom is 0.261 e. The van der Waals surface area contributed by atoms with Gasteiger partial charge in [0.15, 0.2) is 0 Å². The lowest BCUT2D eigenvalue weighted by atomic mass is 10.2. The van der Waals surface area contributed by atoms with Gasteiger partial charge < -0.3 is 10.1 Å². The molecule has 1 amide bonds. The standard InChI is InChI=1S/C20H18Cl2N4O5S/c21-13-1-4-17-15(9-13)20(28)25(12-23-17)11-19(27)24-18-10-14(2-3-16(18)22)32(29,30)26-5-7-31-8-6-26/h1-4,9-10,12H,5-8,11H2,(H,24,27). The van der Waals surface area contributed by atoms with Gasteiger partial charge in [-0.3, -0.25) is 14.2 Å². The largest absolute Gasteiger partial charge is 0.379 e. The summed E-state index contributed by atoms with van der Waals surface area (Å²) in [6, 6.07) is 8.79. The maximum atomic E-state index is 12.9. The number of carbonyl (C=O) groups excluding carboxylic acids is 1. The fourth-order valence-corrected chi connectivity index (χ4v) is 5.06. The molecule has 1 aliphatic heterocycles. The first-order valence-electron chi connectivity index (χ1n) is 9.58. The summed E-state index contributed by atoms with van der Waals surface area (Å²) in [7, 11) is -3.77. The van der Waals surface area contributed by atoms with Crippen LogP contribution in [0.25, 0.3) is 10.9 Å². The molecule has 0 atom stereocenters. The molecule has 1 saturated heterocycles. The van der Waals surface area contributed by atoms with Crippen LogP contribution in [0.5, 0.6) is 0 Å². The van der Waals surface area contributed by atoms with Gasteiger partial charge in [-0.05, 0) is 36.4 Å². The van der Waals surface area contributed by atoms with E-state index in [1.54, 1.807) is 12.1 Å². The van der Waals surface area contributed by atoms with Crippen LogP contribution in [0.4, 0.5) is 5.69 Å². The number of rotatable bonds is 5. The number of nitrogens with one attached hydrogen (secondary N) is 1.